The highest BCUT2D eigenvalue weighted by Crippen LogP contribution is 2.14. The van der Waals surface area contributed by atoms with Crippen LogP contribution in [0.4, 0.5) is 23.7 Å². The number of ether oxygens (including phenoxy) is 1. The zero-order valence-electron chi connectivity index (χ0n) is 14.6. The van der Waals surface area contributed by atoms with Gasteiger partial charge in [-0.3, -0.25) is 4.79 Å². The smallest absolute Gasteiger partial charge is 0.422 e. The lowest BCUT2D eigenvalue weighted by Gasteiger charge is -2.09. The minimum absolute atomic E-state index is 0.139. The van der Waals surface area contributed by atoms with Crippen molar-refractivity contribution in [3.8, 4) is 5.82 Å². The van der Waals surface area contributed by atoms with Crippen molar-refractivity contribution in [1.29, 1.82) is 0 Å². The van der Waals surface area contributed by atoms with Crippen molar-refractivity contribution < 1.29 is 27.5 Å². The average molecular weight is 385 g/mol. The van der Waals surface area contributed by atoms with Crippen LogP contribution >= 0.6 is 0 Å². The van der Waals surface area contributed by atoms with E-state index in [1.807, 2.05) is 19.9 Å². The summed E-state index contributed by atoms with van der Waals surface area (Å²) in [6, 6.07) is 5.23. The monoisotopic (exact) mass is 385 g/mol. The van der Waals surface area contributed by atoms with E-state index in [2.05, 4.69) is 25.5 Å². The number of nitrogens with one attached hydrogen (secondary N) is 2. The number of aromatic nitrogens is 3. The molecule has 146 valence electrons. The standard InChI is InChI=1S/C16H18F3N5O3/c1-10-7-11(2)24(23-10)13-4-3-12(8-21-13)22-14(25)5-6-20-15(26)27-9-16(17,18)19/h3-4,7-8H,5-6,9H2,1-2H3,(H,20,26)(H,22,25). The molecule has 2 N–H and O–H groups in total. The lowest BCUT2D eigenvalue weighted by atomic mass is 10.3. The van der Waals surface area contributed by atoms with Crippen molar-refractivity contribution >= 4 is 17.7 Å². The van der Waals surface area contributed by atoms with Gasteiger partial charge in [-0.1, -0.05) is 0 Å². The largest absolute Gasteiger partial charge is 0.440 e. The number of alkyl halides is 3. The molecule has 0 saturated carbocycles. The number of anilines is 1. The molecule has 0 bridgehead atoms. The van der Waals surface area contributed by atoms with Gasteiger partial charge in [-0.2, -0.15) is 18.3 Å². The lowest BCUT2D eigenvalue weighted by molar-refractivity contribution is -0.160. The number of nitrogens with zero attached hydrogens (tertiary/aromatic N) is 3. The second-order valence-corrected chi connectivity index (χ2v) is 5.66. The SMILES string of the molecule is Cc1cc(C)n(-c2ccc(NC(=O)CCNC(=O)OCC(F)(F)F)cn2)n1. The highest BCUT2D eigenvalue weighted by atomic mass is 19.4. The van der Waals surface area contributed by atoms with Gasteiger partial charge in [-0.05, 0) is 32.0 Å². The van der Waals surface area contributed by atoms with Gasteiger partial charge in [-0.25, -0.2) is 14.5 Å². The zero-order valence-corrected chi connectivity index (χ0v) is 14.6. The molecule has 0 aliphatic rings. The second kappa shape index (κ2) is 8.52. The molecule has 2 rings (SSSR count). The molecule has 0 radical (unpaired) electrons. The van der Waals surface area contributed by atoms with Crippen LogP contribution in [0.1, 0.15) is 17.8 Å². The van der Waals surface area contributed by atoms with E-state index in [9.17, 15) is 22.8 Å². The van der Waals surface area contributed by atoms with Crippen LogP contribution in [0.3, 0.4) is 0 Å². The topological polar surface area (TPSA) is 98.1 Å². The van der Waals surface area contributed by atoms with Crippen molar-refractivity contribution in [3.05, 3.63) is 35.8 Å². The Morgan fingerprint density at radius 2 is 2.00 bits per heavy atom. The maximum absolute atomic E-state index is 11.9. The number of alkyl carbamates (subject to hydrolysis) is 1. The van der Waals surface area contributed by atoms with E-state index in [4.69, 9.17) is 0 Å². The van der Waals surface area contributed by atoms with E-state index in [-0.39, 0.29) is 13.0 Å². The maximum atomic E-state index is 11.9. The number of pyridine rings is 1. The minimum atomic E-state index is -4.60. The van der Waals surface area contributed by atoms with E-state index >= 15 is 0 Å². The van der Waals surface area contributed by atoms with Crippen molar-refractivity contribution in [2.75, 3.05) is 18.5 Å². The van der Waals surface area contributed by atoms with Crippen molar-refractivity contribution in [3.63, 3.8) is 0 Å². The number of halogens is 3. The molecular weight excluding hydrogens is 367 g/mol. The second-order valence-electron chi connectivity index (χ2n) is 5.66. The van der Waals surface area contributed by atoms with E-state index in [0.29, 0.717) is 11.5 Å². The molecule has 2 aromatic heterocycles. The Morgan fingerprint density at radius 3 is 2.56 bits per heavy atom. The predicted octanol–water partition coefficient (Wildman–Crippen LogP) is 2.50. The first kappa shape index (κ1) is 20.2. The van der Waals surface area contributed by atoms with E-state index in [0.717, 1.165) is 11.4 Å². The van der Waals surface area contributed by atoms with E-state index in [1.165, 1.54) is 6.20 Å². The molecule has 27 heavy (non-hydrogen) atoms. The summed E-state index contributed by atoms with van der Waals surface area (Å²) in [5.41, 5.74) is 2.21. The van der Waals surface area contributed by atoms with Gasteiger partial charge in [0.15, 0.2) is 12.4 Å². The molecule has 0 spiro atoms. The summed E-state index contributed by atoms with van der Waals surface area (Å²) < 4.78 is 41.3. The molecule has 0 aliphatic carbocycles. The predicted molar refractivity (Wildman–Crippen MR) is 89.5 cm³/mol. The third-order valence-corrected chi connectivity index (χ3v) is 3.25. The molecule has 0 aliphatic heterocycles. The first-order valence-corrected chi connectivity index (χ1v) is 7.91. The molecule has 0 saturated heterocycles. The third kappa shape index (κ3) is 6.60. The van der Waals surface area contributed by atoms with Crippen LogP contribution in [0.25, 0.3) is 5.82 Å². The molecule has 2 aromatic rings. The van der Waals surface area contributed by atoms with Gasteiger partial charge in [-0.15, -0.1) is 0 Å². The van der Waals surface area contributed by atoms with Crippen LogP contribution in [-0.4, -0.2) is 46.1 Å². The molecule has 0 aromatic carbocycles. The molecule has 0 unspecified atom stereocenters. The number of rotatable bonds is 6. The van der Waals surface area contributed by atoms with Gasteiger partial charge in [0.1, 0.15) is 0 Å². The van der Waals surface area contributed by atoms with E-state index < -0.39 is 24.8 Å². The lowest BCUT2D eigenvalue weighted by Crippen LogP contribution is -2.31. The normalized spacial score (nSPS) is 11.1. The summed E-state index contributed by atoms with van der Waals surface area (Å²) in [5.74, 6) is 0.152. The fourth-order valence-corrected chi connectivity index (χ4v) is 2.15. The molecule has 2 heterocycles. The highest BCUT2D eigenvalue weighted by molar-refractivity contribution is 5.90. The van der Waals surface area contributed by atoms with Crippen LogP contribution in [0, 0.1) is 13.8 Å². The van der Waals surface area contributed by atoms with E-state index in [1.54, 1.807) is 16.8 Å². The highest BCUT2D eigenvalue weighted by Gasteiger charge is 2.29. The van der Waals surface area contributed by atoms with Crippen LogP contribution < -0.4 is 10.6 Å². The summed E-state index contributed by atoms with van der Waals surface area (Å²) in [7, 11) is 0. The Labute approximate surface area is 152 Å². The first-order valence-electron chi connectivity index (χ1n) is 7.91. The summed E-state index contributed by atoms with van der Waals surface area (Å²) in [5, 5.41) is 8.93. The van der Waals surface area contributed by atoms with Gasteiger partial charge in [0.05, 0.1) is 17.6 Å². The first-order chi connectivity index (χ1) is 12.6. The Kier molecular flexibility index (Phi) is 6.37. The van der Waals surface area contributed by atoms with Gasteiger partial charge in [0, 0.05) is 18.7 Å². The Bertz CT molecular complexity index is 803. The number of hydrogen-bond acceptors (Lipinski definition) is 5. The van der Waals surface area contributed by atoms with Crippen molar-refractivity contribution in [2.45, 2.75) is 26.4 Å². The number of hydrogen-bond donors (Lipinski definition) is 2. The van der Waals surface area contributed by atoms with Crippen molar-refractivity contribution in [1.82, 2.24) is 20.1 Å². The van der Waals surface area contributed by atoms with Gasteiger partial charge in [0.2, 0.25) is 5.91 Å². The van der Waals surface area contributed by atoms with Crippen molar-refractivity contribution in [2.24, 2.45) is 0 Å². The molecule has 0 atom stereocenters. The summed E-state index contributed by atoms with van der Waals surface area (Å²) in [6.07, 6.45) is -4.52. The molecule has 8 nitrogen and oxygen atoms in total. The number of amides is 2. The summed E-state index contributed by atoms with van der Waals surface area (Å²) >= 11 is 0. The average Bonchev–Trinajstić information content (AvgIpc) is 2.91. The Balaban J connectivity index is 1.77. The number of aryl methyl sites for hydroxylation is 2. The summed E-state index contributed by atoms with van der Waals surface area (Å²) in [4.78, 5) is 27.1. The number of carbonyl (C=O) groups is 2. The summed E-state index contributed by atoms with van der Waals surface area (Å²) in [6.45, 7) is 1.91. The minimum Gasteiger partial charge on any atom is -0.440 e. The Morgan fingerprint density at radius 1 is 1.26 bits per heavy atom. The molecular formula is C16H18F3N5O3. The Hall–Kier alpha value is -3.11. The van der Waals surface area contributed by atoms with Crippen LogP contribution in [-0.2, 0) is 9.53 Å². The molecule has 0 fully saturated rings. The fourth-order valence-electron chi connectivity index (χ4n) is 2.15. The quantitative estimate of drug-likeness (QED) is 0.796. The van der Waals surface area contributed by atoms with Crippen LogP contribution in [0.15, 0.2) is 24.4 Å². The van der Waals surface area contributed by atoms with Crippen LogP contribution in [0.2, 0.25) is 0 Å². The third-order valence-electron chi connectivity index (χ3n) is 3.25. The number of carbonyl (C=O) groups excluding carboxylic acids is 2. The molecule has 11 heteroatoms. The van der Waals surface area contributed by atoms with Crippen LogP contribution in [0.5, 0.6) is 0 Å². The molecule has 2 amide bonds. The van der Waals surface area contributed by atoms with Gasteiger partial charge in [0.25, 0.3) is 0 Å². The maximum Gasteiger partial charge on any atom is 0.422 e. The van der Waals surface area contributed by atoms with Gasteiger partial charge < -0.3 is 15.4 Å². The fraction of sp³-hybridized carbons (Fsp3) is 0.375. The van der Waals surface area contributed by atoms with Gasteiger partial charge >= 0.3 is 12.3 Å². The zero-order chi connectivity index (χ0) is 20.0.